The molecule has 17 heteroatoms. The second-order valence-electron chi connectivity index (χ2n) is 14.0. The highest BCUT2D eigenvalue weighted by molar-refractivity contribution is 6.58. The minimum absolute atomic E-state index is 0.0585. The summed E-state index contributed by atoms with van der Waals surface area (Å²) in [7, 11) is 1.17. The summed E-state index contributed by atoms with van der Waals surface area (Å²) >= 11 is 20.7. The molecule has 2 aliphatic heterocycles. The first-order chi connectivity index (χ1) is 27.0. The normalized spacial score (nSPS) is 26.6. The van der Waals surface area contributed by atoms with Crippen LogP contribution in [0.2, 0.25) is 5.02 Å². The van der Waals surface area contributed by atoms with Crippen molar-refractivity contribution in [2.24, 2.45) is 17.8 Å². The van der Waals surface area contributed by atoms with Crippen LogP contribution < -0.4 is 14.5 Å². The van der Waals surface area contributed by atoms with Gasteiger partial charge in [-0.05, 0) is 60.7 Å². The topological polar surface area (TPSA) is 121 Å². The number of rotatable bonds is 6. The molecule has 1 saturated carbocycles. The molecule has 57 heavy (non-hydrogen) atoms. The number of ether oxygens (including phenoxy) is 1. The first-order valence-corrected chi connectivity index (χ1v) is 18.2. The number of fused-ring (bicyclic) bond motifs is 4. The van der Waals surface area contributed by atoms with Crippen molar-refractivity contribution in [2.45, 2.75) is 28.5 Å². The molecule has 0 bridgehead atoms. The fourth-order valence-corrected chi connectivity index (χ4v) is 9.78. The Labute approximate surface area is 334 Å². The van der Waals surface area contributed by atoms with Gasteiger partial charge in [0.15, 0.2) is 50.3 Å². The summed E-state index contributed by atoms with van der Waals surface area (Å²) in [5.41, 5.74) is -1.01. The maximum absolute atomic E-state index is 15.3. The highest BCUT2D eigenvalue weighted by Gasteiger charge is 2.77. The van der Waals surface area contributed by atoms with E-state index < -0.39 is 104 Å². The lowest BCUT2D eigenvalue weighted by Crippen LogP contribution is -2.60. The van der Waals surface area contributed by atoms with E-state index in [4.69, 9.17) is 39.5 Å². The summed E-state index contributed by atoms with van der Waals surface area (Å²) in [5.74, 6) is -23.5. The van der Waals surface area contributed by atoms with Crippen molar-refractivity contribution in [3.63, 3.8) is 0 Å². The number of alkyl halides is 2. The van der Waals surface area contributed by atoms with Crippen LogP contribution in [0.3, 0.4) is 0 Å². The van der Waals surface area contributed by atoms with Gasteiger partial charge >= 0.3 is 0 Å². The van der Waals surface area contributed by atoms with Crippen LogP contribution in [0.25, 0.3) is 0 Å². The van der Waals surface area contributed by atoms with Crippen LogP contribution in [-0.4, -0.2) is 51.4 Å². The number of imide groups is 2. The molecule has 0 unspecified atom stereocenters. The molecule has 9 nitrogen and oxygen atoms in total. The maximum Gasteiger partial charge on any atom is 0.258 e. The largest absolute Gasteiger partial charge is 0.503 e. The van der Waals surface area contributed by atoms with E-state index in [0.29, 0.717) is 5.56 Å². The Bertz CT molecular complexity index is 2490. The SMILES string of the molecule is COc1cc([C@H]2C3=CC[C@@H]4C(=O)N(c5ccc(C(=O)c6ccccc6)cc5)C(=O)[C@@H]4[C@@H]3C[C@@]3(Cl)C(=O)N(c4c(F)c(F)c(F)c(F)c4F)C(=O)[C@@]23Cl)cc(Cl)c1O. The Balaban J connectivity index is 1.26. The van der Waals surface area contributed by atoms with Crippen LogP contribution in [0.1, 0.15) is 40.2 Å². The molecule has 4 amide bonds. The van der Waals surface area contributed by atoms with Gasteiger partial charge < -0.3 is 9.84 Å². The van der Waals surface area contributed by atoms with E-state index in [-0.39, 0.29) is 50.3 Å². The number of carbonyl (C=O) groups is 5. The van der Waals surface area contributed by atoms with Gasteiger partial charge in [-0.3, -0.25) is 28.9 Å². The molecule has 8 rings (SSSR count). The third-order valence-electron chi connectivity index (χ3n) is 11.2. The Kier molecular flexibility index (Phi) is 9.06. The number of phenolic OH excluding ortho intramolecular Hbond substituents is 1. The molecule has 292 valence electrons. The molecule has 0 spiro atoms. The zero-order valence-electron chi connectivity index (χ0n) is 29.0. The highest BCUT2D eigenvalue weighted by atomic mass is 35.5. The zero-order chi connectivity index (χ0) is 41.0. The predicted octanol–water partition coefficient (Wildman–Crippen LogP) is 7.75. The molecule has 3 fully saturated rings. The Morgan fingerprint density at radius 3 is 2.00 bits per heavy atom. The van der Waals surface area contributed by atoms with Gasteiger partial charge in [0, 0.05) is 17.0 Å². The average molecular weight is 846 g/mol. The van der Waals surface area contributed by atoms with Crippen molar-refractivity contribution in [3.8, 4) is 11.5 Å². The molecule has 1 N–H and O–H groups in total. The van der Waals surface area contributed by atoms with E-state index in [0.717, 1.165) is 11.0 Å². The quantitative estimate of drug-likeness (QED) is 0.0401. The monoisotopic (exact) mass is 844 g/mol. The van der Waals surface area contributed by atoms with Gasteiger partial charge in [0.25, 0.3) is 11.8 Å². The van der Waals surface area contributed by atoms with Crippen molar-refractivity contribution in [1.82, 2.24) is 0 Å². The molecule has 4 aromatic carbocycles. The molecule has 6 atom stereocenters. The number of benzene rings is 4. The molecule has 4 aromatic rings. The van der Waals surface area contributed by atoms with Gasteiger partial charge in [0.1, 0.15) is 5.69 Å². The van der Waals surface area contributed by atoms with Crippen LogP contribution in [0, 0.1) is 46.8 Å². The van der Waals surface area contributed by atoms with Gasteiger partial charge in [0.2, 0.25) is 17.6 Å². The van der Waals surface area contributed by atoms with Gasteiger partial charge in [-0.15, -0.1) is 23.2 Å². The van der Waals surface area contributed by atoms with Crippen molar-refractivity contribution in [3.05, 3.63) is 129 Å². The molecular formula is C40H24Cl3F5N2O7. The molecule has 0 aromatic heterocycles. The number of ketones is 1. The number of aromatic hydroxyl groups is 1. The molecule has 4 aliphatic rings. The first kappa shape index (κ1) is 38.6. The first-order valence-electron chi connectivity index (χ1n) is 17.1. The van der Waals surface area contributed by atoms with Gasteiger partial charge in [-0.1, -0.05) is 53.6 Å². The van der Waals surface area contributed by atoms with E-state index in [9.17, 15) is 42.3 Å². The van der Waals surface area contributed by atoms with E-state index in [2.05, 4.69) is 0 Å². The van der Waals surface area contributed by atoms with Crippen molar-refractivity contribution in [1.29, 1.82) is 0 Å². The van der Waals surface area contributed by atoms with E-state index in [1.807, 2.05) is 0 Å². The van der Waals surface area contributed by atoms with Crippen molar-refractivity contribution in [2.75, 3.05) is 16.9 Å². The molecule has 0 radical (unpaired) electrons. The number of phenols is 1. The van der Waals surface area contributed by atoms with Crippen molar-refractivity contribution >= 4 is 75.6 Å². The van der Waals surface area contributed by atoms with Crippen LogP contribution in [-0.2, 0) is 19.2 Å². The smallest absolute Gasteiger partial charge is 0.258 e. The summed E-state index contributed by atoms with van der Waals surface area (Å²) in [6.45, 7) is 0. The third-order valence-corrected chi connectivity index (χ3v) is 13.0. The zero-order valence-corrected chi connectivity index (χ0v) is 31.2. The Hall–Kier alpha value is -5.31. The molecule has 2 heterocycles. The summed E-state index contributed by atoms with van der Waals surface area (Å²) in [4.78, 5) is 65.6. The van der Waals surface area contributed by atoms with Gasteiger partial charge in [-0.25, -0.2) is 26.9 Å². The van der Waals surface area contributed by atoms with E-state index in [1.54, 1.807) is 30.3 Å². The Morgan fingerprint density at radius 1 is 0.789 bits per heavy atom. The number of nitrogens with zero attached hydrogens (tertiary/aromatic N) is 2. The lowest BCUT2D eigenvalue weighted by atomic mass is 9.56. The van der Waals surface area contributed by atoms with Crippen LogP contribution >= 0.6 is 34.8 Å². The third kappa shape index (κ3) is 5.22. The number of anilines is 2. The highest BCUT2D eigenvalue weighted by Crippen LogP contribution is 2.66. The van der Waals surface area contributed by atoms with Crippen LogP contribution in [0.5, 0.6) is 11.5 Å². The average Bonchev–Trinajstić information content (AvgIpc) is 3.55. The standard InChI is InChI=1S/C40H24Cl3F5N2O7/c1-57-24-14-18(13-23(41)34(24)52)26-20-11-12-21-25(36(54)49(35(21)53)19-9-7-17(8-10-19)33(51)16-5-3-2-4-6-16)22(20)15-39(42)37(55)50(38(56)40(26,39)43)32-30(47)28(45)27(44)29(46)31(32)48/h2-11,13-14,21-22,25-26,52H,12,15H2,1H3/t21-,22+,25-,26-,39+,40-/m0/s1. The van der Waals surface area contributed by atoms with Gasteiger partial charge in [-0.2, -0.15) is 0 Å². The molecule has 2 saturated heterocycles. The number of allylic oxidation sites excluding steroid dienone is 2. The molecular weight excluding hydrogens is 822 g/mol. The summed E-state index contributed by atoms with van der Waals surface area (Å²) in [6.07, 6.45) is 0.672. The van der Waals surface area contributed by atoms with Crippen LogP contribution in [0.4, 0.5) is 33.3 Å². The van der Waals surface area contributed by atoms with Crippen molar-refractivity contribution < 1.29 is 55.8 Å². The molecule has 2 aliphatic carbocycles. The second-order valence-corrected chi connectivity index (χ2v) is 15.6. The number of hydrogen-bond donors (Lipinski definition) is 1. The number of hydrogen-bond acceptors (Lipinski definition) is 7. The Morgan fingerprint density at radius 2 is 1.39 bits per heavy atom. The van der Waals surface area contributed by atoms with Crippen LogP contribution in [0.15, 0.2) is 78.4 Å². The van der Waals surface area contributed by atoms with E-state index in [1.165, 1.54) is 43.5 Å². The number of amides is 4. The summed E-state index contributed by atoms with van der Waals surface area (Å²) in [6, 6.07) is 16.5. The fourth-order valence-electron chi connectivity index (χ4n) is 8.63. The minimum atomic E-state index is -2.81. The predicted molar refractivity (Wildman–Crippen MR) is 195 cm³/mol. The lowest BCUT2D eigenvalue weighted by molar-refractivity contribution is -0.125. The summed E-state index contributed by atoms with van der Waals surface area (Å²) in [5, 5.41) is 10.2. The number of halogens is 8. The minimum Gasteiger partial charge on any atom is -0.503 e. The van der Waals surface area contributed by atoms with E-state index >= 15 is 8.78 Å². The fraction of sp³-hybridized carbons (Fsp3) is 0.225. The number of carbonyl (C=O) groups excluding carboxylic acids is 5. The lowest BCUT2D eigenvalue weighted by Gasteiger charge is -2.50. The second kappa shape index (κ2) is 13.4. The van der Waals surface area contributed by atoms with Gasteiger partial charge in [0.05, 0.1) is 29.7 Å². The summed E-state index contributed by atoms with van der Waals surface area (Å²) < 4.78 is 79.1. The maximum atomic E-state index is 15.3. The number of methoxy groups -OCH3 is 1.